The average Bonchev–Trinajstić information content (AvgIpc) is 1.57. The molecule has 5 N–H and O–H groups in total. The first kappa shape index (κ1) is 75.3. The van der Waals surface area contributed by atoms with Crippen molar-refractivity contribution in [2.45, 2.75) is 273 Å². The van der Waals surface area contributed by atoms with Crippen LogP contribution in [0.2, 0.25) is 0 Å². The summed E-state index contributed by atoms with van der Waals surface area (Å²) in [7, 11) is -7.17. The normalized spacial score (nSPS) is 32.0. The van der Waals surface area contributed by atoms with Gasteiger partial charge in [0.15, 0.2) is 0 Å². The summed E-state index contributed by atoms with van der Waals surface area (Å²) < 4.78 is 73.9. The van der Waals surface area contributed by atoms with E-state index in [1.54, 1.807) is 41.5 Å². The van der Waals surface area contributed by atoms with Gasteiger partial charge in [0.1, 0.15) is 35.6 Å². The van der Waals surface area contributed by atoms with E-state index in [2.05, 4.69) is 26.6 Å². The molecule has 93 heavy (non-hydrogen) atoms. The van der Waals surface area contributed by atoms with Crippen molar-refractivity contribution in [3.63, 3.8) is 0 Å². The van der Waals surface area contributed by atoms with Gasteiger partial charge in [-0.1, -0.05) is 136 Å². The van der Waals surface area contributed by atoms with Gasteiger partial charge in [0.2, 0.25) is 59.1 Å². The molecule has 0 radical (unpaired) electrons. The van der Waals surface area contributed by atoms with Crippen LogP contribution < -0.4 is 26.6 Å². The van der Waals surface area contributed by atoms with Crippen molar-refractivity contribution in [2.24, 2.45) is 74.4 Å². The molecule has 4 saturated carbocycles. The van der Waals surface area contributed by atoms with E-state index in [1.807, 2.05) is 62.3 Å². The van der Waals surface area contributed by atoms with Crippen LogP contribution in [-0.4, -0.2) is 135 Å². The molecule has 7 saturated heterocycles. The summed E-state index contributed by atoms with van der Waals surface area (Å²) in [5.74, 6) is -4.89. The van der Waals surface area contributed by atoms with Crippen LogP contribution >= 0.6 is 0 Å². The van der Waals surface area contributed by atoms with Gasteiger partial charge >= 0.3 is 5.97 Å². The Morgan fingerprint density at radius 2 is 0.742 bits per heavy atom. The van der Waals surface area contributed by atoms with Crippen LogP contribution in [-0.2, 0) is 95.6 Å². The van der Waals surface area contributed by atoms with Gasteiger partial charge in [-0.15, -0.1) is 0 Å². The summed E-state index contributed by atoms with van der Waals surface area (Å²) in [4.78, 5) is 132. The Labute approximate surface area is 548 Å². The van der Waals surface area contributed by atoms with Gasteiger partial charge in [0.05, 0.1) is 41.3 Å². The van der Waals surface area contributed by atoms with Gasteiger partial charge in [0, 0.05) is 44.8 Å². The lowest BCUT2D eigenvalue weighted by Crippen LogP contribution is -2.49. The predicted octanol–water partition coefficient (Wildman–Crippen LogP) is 6.06. The Morgan fingerprint density at radius 3 is 1.16 bits per heavy atom. The van der Waals surface area contributed by atoms with Gasteiger partial charge < -0.3 is 14.2 Å². The zero-order valence-electron chi connectivity index (χ0n) is 57.0. The van der Waals surface area contributed by atoms with Crippen LogP contribution in [0.15, 0.2) is 0 Å². The number of amides is 10. The van der Waals surface area contributed by atoms with Crippen molar-refractivity contribution in [2.75, 3.05) is 0 Å². The number of hydrogen-bond acceptors (Lipinski definition) is 20. The van der Waals surface area contributed by atoms with E-state index in [0.29, 0.717) is 38.5 Å². The molecular weight excluding hydrogens is 1250 g/mol. The molecule has 27 heteroatoms. The van der Waals surface area contributed by atoms with Crippen molar-refractivity contribution >= 4 is 85.3 Å². The number of rotatable bonds is 15. The van der Waals surface area contributed by atoms with E-state index < -0.39 is 112 Å². The second kappa shape index (κ2) is 28.9. The third-order valence-electron chi connectivity index (χ3n) is 22.5. The molecule has 0 aromatic heterocycles. The van der Waals surface area contributed by atoms with Crippen molar-refractivity contribution in [3.8, 4) is 0 Å². The van der Waals surface area contributed by atoms with Crippen LogP contribution in [0.25, 0.3) is 0 Å². The molecule has 0 spiro atoms. The summed E-state index contributed by atoms with van der Waals surface area (Å²) in [6.07, 6.45) is 11.2. The third-order valence-corrected chi connectivity index (χ3v) is 25.9. The number of esters is 1. The maximum absolute atomic E-state index is 12.4. The highest BCUT2D eigenvalue weighted by molar-refractivity contribution is 7.88. The zero-order chi connectivity index (χ0) is 69.5. The summed E-state index contributed by atoms with van der Waals surface area (Å²) in [6, 6.07) is 0. The Balaban J connectivity index is 0.000000166. The molecule has 4 aliphatic carbocycles. The van der Waals surface area contributed by atoms with E-state index in [1.165, 1.54) is 6.42 Å². The maximum Gasteiger partial charge on any atom is 0.312 e. The summed E-state index contributed by atoms with van der Waals surface area (Å²) >= 11 is 0. The minimum absolute atomic E-state index is 0.0137. The van der Waals surface area contributed by atoms with E-state index in [-0.39, 0.29) is 107 Å². The SMILES string of the molecule is CCC(C)(C)C(=O)NC(=O)C1C2CC3C(=O)OC1C3O2.CCC(C)(C)C(=O)NC(=O)C1C2CC3C(O2)C1OS3(=O)=O.CCC(C)(C)C(=O)NC(=O)C1C2CC3C1OS(=O)(=O)C3C2.CCC(C)(C)C(=O)NC(=O)C1CCCC1.CCC(C)(C)C(=O)NC(=O)C1CCCCC1. The van der Waals surface area contributed by atoms with Crippen LogP contribution in [0.1, 0.15) is 219 Å². The molecule has 15 unspecified atom stereocenters. The zero-order valence-corrected chi connectivity index (χ0v) is 58.7. The molecule has 11 rings (SSSR count). The van der Waals surface area contributed by atoms with Crippen molar-refractivity contribution in [3.05, 3.63) is 0 Å². The smallest absolute Gasteiger partial charge is 0.312 e. The molecule has 11 fully saturated rings. The number of imide groups is 5. The Bertz CT molecular complexity index is 3020. The van der Waals surface area contributed by atoms with Crippen LogP contribution in [0.3, 0.4) is 0 Å². The van der Waals surface area contributed by atoms with Crippen LogP contribution in [0, 0.1) is 74.4 Å². The molecule has 10 amide bonds. The van der Waals surface area contributed by atoms with Crippen LogP contribution in [0.4, 0.5) is 0 Å². The van der Waals surface area contributed by atoms with Gasteiger partial charge in [-0.3, -0.25) is 87.7 Å². The van der Waals surface area contributed by atoms with Gasteiger partial charge in [-0.25, -0.2) is 0 Å². The molecule has 7 heterocycles. The standard InChI is InChI=1S/C14H21NO5S.C14H19NO5.C13H19NO6S.C13H23NO2.C12H21NO2/c1-4-14(2,3)13(17)15-12(16)10-7-5-8-9(6-7)21(18,19)20-11(8)10;1-4-14(2,3)13(18)15-11(16)8-7-5-6-9(19-7)10(8)20-12(6)17;1-4-13(2,3)12(16)14-11(15)8-6-5-7-9(19-6)10(8)20-21(7,17)18;1-4-13(2,3)12(16)14-11(15)10-8-6-5-7-9-10;1-4-12(2,3)11(15)13-10(14)9-7-5-6-8-9/h7-11H,4-6H2,1-3H3,(H,15,16,17);6-10H,4-5H2,1-3H3,(H,15,16,18);6-10H,4-5H2,1-3H3,(H,14,15,16);10H,4-9H2,1-3H3,(H,14,15,16);9H,4-8H2,1-3H3,(H,13,14,15). The molecule has 15 atom stereocenters. The van der Waals surface area contributed by atoms with Crippen molar-refractivity contribution in [1.82, 2.24) is 26.6 Å². The van der Waals surface area contributed by atoms with Gasteiger partial charge in [-0.05, 0) is 89.4 Å². The van der Waals surface area contributed by atoms with E-state index in [9.17, 15) is 69.6 Å². The van der Waals surface area contributed by atoms with Gasteiger partial charge in [-0.2, -0.15) is 16.8 Å². The quantitative estimate of drug-likeness (QED) is 0.0918. The maximum atomic E-state index is 12.4. The average molecular weight is 1350 g/mol. The highest BCUT2D eigenvalue weighted by Crippen LogP contribution is 2.58. The molecule has 0 aromatic carbocycles. The first-order chi connectivity index (χ1) is 43.1. The summed E-state index contributed by atoms with van der Waals surface area (Å²) in [5.41, 5.74) is -2.74. The predicted molar refractivity (Wildman–Crippen MR) is 336 cm³/mol. The Hall–Kier alpha value is -5.09. The number of nitrogens with one attached hydrogen (secondary N) is 5. The highest BCUT2D eigenvalue weighted by Gasteiger charge is 2.69. The summed E-state index contributed by atoms with van der Waals surface area (Å²) in [6.45, 7) is 27.7. The second-order valence-corrected chi connectivity index (χ2v) is 34.1. The lowest BCUT2D eigenvalue weighted by molar-refractivity contribution is -0.147. The monoisotopic (exact) mass is 1350 g/mol. The molecule has 25 nitrogen and oxygen atoms in total. The molecule has 6 bridgehead atoms. The lowest BCUT2D eigenvalue weighted by Gasteiger charge is -2.26. The number of hydrogen-bond donors (Lipinski definition) is 5. The number of fused-ring (bicyclic) bond motifs is 3. The third kappa shape index (κ3) is 16.2. The Morgan fingerprint density at radius 1 is 0.398 bits per heavy atom. The number of carbonyl (C=O) groups is 11. The fraction of sp³-hybridized carbons (Fsp3) is 0.833. The Kier molecular flexibility index (Phi) is 23.4. The largest absolute Gasteiger partial charge is 0.458 e. The van der Waals surface area contributed by atoms with E-state index in [0.717, 1.165) is 64.2 Å². The minimum Gasteiger partial charge on any atom is -0.458 e. The van der Waals surface area contributed by atoms with E-state index in [4.69, 9.17) is 22.6 Å². The number of carbonyl (C=O) groups excluding carboxylic acids is 11. The van der Waals surface area contributed by atoms with Crippen molar-refractivity contribution < 1.29 is 92.2 Å². The molecule has 524 valence electrons. The van der Waals surface area contributed by atoms with Crippen molar-refractivity contribution in [1.29, 1.82) is 0 Å². The fourth-order valence-electron chi connectivity index (χ4n) is 13.7. The molecular formula is C66H103N5O20S2. The number of ether oxygens (including phenoxy) is 3. The fourth-order valence-corrected chi connectivity index (χ4v) is 17.2. The van der Waals surface area contributed by atoms with E-state index >= 15 is 0 Å². The first-order valence-corrected chi connectivity index (χ1v) is 36.7. The molecule has 0 aromatic rings. The van der Waals surface area contributed by atoms with Gasteiger partial charge in [0.25, 0.3) is 20.2 Å². The molecule has 7 aliphatic heterocycles. The summed E-state index contributed by atoms with van der Waals surface area (Å²) in [5, 5.41) is 11.3. The van der Waals surface area contributed by atoms with Crippen LogP contribution in [0.5, 0.6) is 0 Å². The second-order valence-electron chi connectivity index (χ2n) is 30.5. The topological polar surface area (TPSA) is 362 Å². The molecule has 11 aliphatic rings. The lowest BCUT2D eigenvalue weighted by atomic mass is 9.81. The highest BCUT2D eigenvalue weighted by atomic mass is 32.2. The minimum atomic E-state index is -3.65. The first-order valence-electron chi connectivity index (χ1n) is 33.8.